The number of carbonyl (C=O) groups excluding carboxylic acids is 2. The Balaban J connectivity index is 2.08. The molecule has 0 aliphatic carbocycles. The molecule has 0 unspecified atom stereocenters. The molecular weight excluding hydrogens is 328 g/mol. The van der Waals surface area contributed by atoms with Gasteiger partial charge in [-0.15, -0.1) is 0 Å². The molecule has 0 aliphatic rings. The molecule has 5 nitrogen and oxygen atoms in total. The average molecular weight is 350 g/mol. The van der Waals surface area contributed by atoms with Crippen molar-refractivity contribution in [3.05, 3.63) is 58.8 Å². The summed E-state index contributed by atoms with van der Waals surface area (Å²) in [5, 5.41) is 5.20. The van der Waals surface area contributed by atoms with Crippen molar-refractivity contribution < 1.29 is 14.3 Å². The molecule has 26 heavy (non-hydrogen) atoms. The van der Waals surface area contributed by atoms with Crippen LogP contribution in [-0.4, -0.2) is 21.5 Å². The van der Waals surface area contributed by atoms with Crippen molar-refractivity contribution in [2.24, 2.45) is 0 Å². The number of benzene rings is 2. The van der Waals surface area contributed by atoms with E-state index in [1.165, 1.54) is 6.92 Å². The first kappa shape index (κ1) is 17.9. The van der Waals surface area contributed by atoms with Gasteiger partial charge in [0.1, 0.15) is 5.75 Å². The molecule has 1 heterocycles. The van der Waals surface area contributed by atoms with Crippen LogP contribution in [0.2, 0.25) is 0 Å². The van der Waals surface area contributed by atoms with Crippen LogP contribution >= 0.6 is 0 Å². The van der Waals surface area contributed by atoms with Gasteiger partial charge in [-0.1, -0.05) is 24.3 Å². The van der Waals surface area contributed by atoms with Crippen molar-refractivity contribution in [3.8, 4) is 5.75 Å². The Morgan fingerprint density at radius 2 is 1.81 bits per heavy atom. The van der Waals surface area contributed by atoms with E-state index in [-0.39, 0.29) is 17.5 Å². The van der Waals surface area contributed by atoms with Crippen LogP contribution < -0.4 is 4.74 Å². The highest BCUT2D eigenvalue weighted by molar-refractivity contribution is 6.04. The summed E-state index contributed by atoms with van der Waals surface area (Å²) in [6.07, 6.45) is 0. The number of aryl methyl sites for hydroxylation is 2. The molecule has 3 rings (SSSR count). The summed E-state index contributed by atoms with van der Waals surface area (Å²) in [7, 11) is 0. The van der Waals surface area contributed by atoms with Crippen LogP contribution in [0.25, 0.3) is 10.9 Å². The van der Waals surface area contributed by atoms with Crippen LogP contribution in [0.5, 0.6) is 5.75 Å². The highest BCUT2D eigenvalue weighted by Crippen LogP contribution is 2.28. The summed E-state index contributed by atoms with van der Waals surface area (Å²) in [4.78, 5) is 24.9. The lowest BCUT2D eigenvalue weighted by Gasteiger charge is -2.12. The Morgan fingerprint density at radius 1 is 1.12 bits per heavy atom. The summed E-state index contributed by atoms with van der Waals surface area (Å²) >= 11 is 0. The molecular formula is C21H22N2O3. The molecule has 0 spiro atoms. The van der Waals surface area contributed by atoms with E-state index in [9.17, 15) is 9.59 Å². The first-order chi connectivity index (χ1) is 12.3. The van der Waals surface area contributed by atoms with Gasteiger partial charge in [-0.25, -0.2) is 4.79 Å². The Bertz CT molecular complexity index is 1020. The number of fused-ring (bicyclic) bond motifs is 1. The van der Waals surface area contributed by atoms with E-state index in [1.807, 2.05) is 58.0 Å². The van der Waals surface area contributed by atoms with Gasteiger partial charge in [0.2, 0.25) is 0 Å². The van der Waals surface area contributed by atoms with E-state index in [0.717, 1.165) is 22.0 Å². The Kier molecular flexibility index (Phi) is 4.64. The number of nitrogens with zero attached hydrogens (tertiary/aromatic N) is 2. The second kappa shape index (κ2) is 6.75. The first-order valence-corrected chi connectivity index (χ1v) is 8.61. The Labute approximate surface area is 152 Å². The van der Waals surface area contributed by atoms with Crippen molar-refractivity contribution in [3.63, 3.8) is 0 Å². The molecule has 0 bridgehead atoms. The third-order valence-electron chi connectivity index (χ3n) is 4.29. The van der Waals surface area contributed by atoms with Gasteiger partial charge in [0.15, 0.2) is 11.5 Å². The van der Waals surface area contributed by atoms with Gasteiger partial charge in [0.25, 0.3) is 0 Å². The minimum absolute atomic E-state index is 0.107. The van der Waals surface area contributed by atoms with E-state index in [2.05, 4.69) is 5.10 Å². The minimum Gasteiger partial charge on any atom is -0.421 e. The predicted octanol–water partition coefficient (Wildman–Crippen LogP) is 4.66. The van der Waals surface area contributed by atoms with E-state index < -0.39 is 5.97 Å². The molecule has 0 amide bonds. The lowest BCUT2D eigenvalue weighted by Crippen LogP contribution is -2.14. The van der Waals surface area contributed by atoms with Crippen molar-refractivity contribution >= 4 is 22.7 Å². The normalized spacial score (nSPS) is 11.2. The molecule has 0 aliphatic heterocycles. The van der Waals surface area contributed by atoms with Gasteiger partial charge in [-0.3, -0.25) is 9.48 Å². The standard InChI is InChI=1S/C21H22N2O3/c1-12(2)23-18-9-7-6-8-16(18)19(22-23)21(25)26-20-14(4)10-13(3)11-17(20)15(5)24/h6-12H,1-5H3. The Hall–Kier alpha value is -2.95. The second-order valence-corrected chi connectivity index (χ2v) is 6.81. The van der Waals surface area contributed by atoms with E-state index in [1.54, 1.807) is 10.7 Å². The number of para-hydroxylation sites is 1. The average Bonchev–Trinajstić information content (AvgIpc) is 2.96. The maximum Gasteiger partial charge on any atom is 0.364 e. The fourth-order valence-corrected chi connectivity index (χ4v) is 3.13. The molecule has 5 heteroatoms. The third kappa shape index (κ3) is 3.12. The van der Waals surface area contributed by atoms with Gasteiger partial charge in [0.05, 0.1) is 11.1 Å². The number of aromatic nitrogens is 2. The number of rotatable bonds is 4. The molecule has 0 radical (unpaired) electrons. The fourth-order valence-electron chi connectivity index (χ4n) is 3.13. The van der Waals surface area contributed by atoms with Gasteiger partial charge < -0.3 is 4.74 Å². The van der Waals surface area contributed by atoms with Gasteiger partial charge in [0, 0.05) is 11.4 Å². The number of carbonyl (C=O) groups is 2. The predicted molar refractivity (Wildman–Crippen MR) is 101 cm³/mol. The summed E-state index contributed by atoms with van der Waals surface area (Å²) in [5.41, 5.74) is 3.23. The lowest BCUT2D eigenvalue weighted by atomic mass is 10.0. The molecule has 1 aromatic heterocycles. The van der Waals surface area contributed by atoms with Crippen LogP contribution in [0.3, 0.4) is 0 Å². The smallest absolute Gasteiger partial charge is 0.364 e. The quantitative estimate of drug-likeness (QED) is 0.390. The van der Waals surface area contributed by atoms with Crippen LogP contribution in [0.1, 0.15) is 58.8 Å². The number of hydrogen-bond acceptors (Lipinski definition) is 4. The monoisotopic (exact) mass is 350 g/mol. The first-order valence-electron chi connectivity index (χ1n) is 8.61. The van der Waals surface area contributed by atoms with Gasteiger partial charge in [-0.05, 0) is 57.9 Å². The fraction of sp³-hybridized carbons (Fsp3) is 0.286. The number of Topliss-reactive ketones (excluding diaryl/α,β-unsaturated/α-hetero) is 1. The second-order valence-electron chi connectivity index (χ2n) is 6.81. The maximum atomic E-state index is 12.9. The van der Waals surface area contributed by atoms with Crippen molar-refractivity contribution in [2.45, 2.75) is 40.7 Å². The summed E-state index contributed by atoms with van der Waals surface area (Å²) in [6, 6.07) is 11.3. The number of esters is 1. The minimum atomic E-state index is -0.560. The Morgan fingerprint density at radius 3 is 2.46 bits per heavy atom. The molecule has 3 aromatic rings. The molecule has 0 saturated carbocycles. The number of ketones is 1. The van der Waals surface area contributed by atoms with Crippen LogP contribution in [0, 0.1) is 13.8 Å². The largest absolute Gasteiger partial charge is 0.421 e. The third-order valence-corrected chi connectivity index (χ3v) is 4.29. The van der Waals surface area contributed by atoms with Crippen molar-refractivity contribution in [1.82, 2.24) is 9.78 Å². The number of ether oxygens (including phenoxy) is 1. The molecule has 0 N–H and O–H groups in total. The summed E-state index contributed by atoms with van der Waals surface area (Å²) in [5.74, 6) is -0.400. The maximum absolute atomic E-state index is 12.9. The highest BCUT2D eigenvalue weighted by atomic mass is 16.5. The molecule has 0 fully saturated rings. The molecule has 2 aromatic carbocycles. The zero-order valence-electron chi connectivity index (χ0n) is 15.7. The zero-order chi connectivity index (χ0) is 19.0. The van der Waals surface area contributed by atoms with E-state index >= 15 is 0 Å². The van der Waals surface area contributed by atoms with E-state index in [0.29, 0.717) is 11.3 Å². The van der Waals surface area contributed by atoms with E-state index in [4.69, 9.17) is 4.74 Å². The SMILES string of the molecule is CC(=O)c1cc(C)cc(C)c1OC(=O)c1nn(C(C)C)c2ccccc12. The molecule has 0 saturated heterocycles. The van der Waals surface area contributed by atoms with Crippen LogP contribution in [-0.2, 0) is 0 Å². The zero-order valence-corrected chi connectivity index (χ0v) is 15.7. The van der Waals surface area contributed by atoms with Crippen molar-refractivity contribution in [1.29, 1.82) is 0 Å². The van der Waals surface area contributed by atoms with Crippen LogP contribution in [0.4, 0.5) is 0 Å². The van der Waals surface area contributed by atoms with Crippen LogP contribution in [0.15, 0.2) is 36.4 Å². The van der Waals surface area contributed by atoms with Gasteiger partial charge in [-0.2, -0.15) is 5.10 Å². The van der Waals surface area contributed by atoms with Gasteiger partial charge >= 0.3 is 5.97 Å². The lowest BCUT2D eigenvalue weighted by molar-refractivity contribution is 0.0726. The summed E-state index contributed by atoms with van der Waals surface area (Å²) in [6.45, 7) is 9.21. The molecule has 0 atom stereocenters. The van der Waals surface area contributed by atoms with Crippen molar-refractivity contribution in [2.75, 3.05) is 0 Å². The highest BCUT2D eigenvalue weighted by Gasteiger charge is 2.23. The topological polar surface area (TPSA) is 61.2 Å². The summed E-state index contributed by atoms with van der Waals surface area (Å²) < 4.78 is 7.45. The molecule has 134 valence electrons. The number of hydrogen-bond donors (Lipinski definition) is 0.